The fourth-order valence-corrected chi connectivity index (χ4v) is 5.72. The molecule has 122 valence electrons. The fourth-order valence-electron chi connectivity index (χ4n) is 5.72. The Balaban J connectivity index is 1.58. The summed E-state index contributed by atoms with van der Waals surface area (Å²) in [5.74, 6) is 1.29. The van der Waals surface area contributed by atoms with Crippen LogP contribution in [0.4, 0.5) is 0 Å². The van der Waals surface area contributed by atoms with Gasteiger partial charge in [-0.05, 0) is 57.0 Å². The second-order valence-corrected chi connectivity index (χ2v) is 7.67. The number of rotatable bonds is 2. The molecule has 5 atom stereocenters. The van der Waals surface area contributed by atoms with Crippen molar-refractivity contribution in [3.8, 4) is 0 Å². The topological polar surface area (TPSA) is 66.7 Å². The molecule has 0 aromatic carbocycles. The maximum atomic E-state index is 12.5. The molecule has 22 heavy (non-hydrogen) atoms. The van der Waals surface area contributed by atoms with Gasteiger partial charge in [-0.1, -0.05) is 0 Å². The Hall–Kier alpha value is -1.17. The molecule has 0 bridgehead atoms. The van der Waals surface area contributed by atoms with E-state index >= 15 is 0 Å². The molecule has 5 unspecified atom stereocenters. The van der Waals surface area contributed by atoms with E-state index in [1.807, 2.05) is 0 Å². The van der Waals surface area contributed by atoms with Gasteiger partial charge in [0.1, 0.15) is 0 Å². The lowest BCUT2D eigenvalue weighted by Gasteiger charge is -2.59. The van der Waals surface area contributed by atoms with Crippen molar-refractivity contribution in [1.29, 1.82) is 0 Å². The van der Waals surface area contributed by atoms with Crippen LogP contribution < -0.4 is 0 Å². The van der Waals surface area contributed by atoms with Gasteiger partial charge in [0.15, 0.2) is 0 Å². The van der Waals surface area contributed by atoms with Crippen molar-refractivity contribution in [2.75, 3.05) is 26.2 Å². The summed E-state index contributed by atoms with van der Waals surface area (Å²) in [6.45, 7) is 3.26. The maximum absolute atomic E-state index is 12.5. The summed E-state index contributed by atoms with van der Waals surface area (Å²) in [5, 5.41) is 10.8. The normalized spacial score (nSPS) is 41.7. The van der Waals surface area contributed by atoms with E-state index in [4.69, 9.17) is 0 Å². The zero-order valence-electron chi connectivity index (χ0n) is 13.0. The molecular formula is C16H25N3O3. The molecule has 0 N–H and O–H groups in total. The Bertz CT molecular complexity index is 481. The van der Waals surface area contributed by atoms with Crippen LogP contribution in [0.1, 0.15) is 38.5 Å². The summed E-state index contributed by atoms with van der Waals surface area (Å²) < 4.78 is 0. The van der Waals surface area contributed by atoms with Crippen LogP contribution >= 0.6 is 0 Å². The minimum Gasteiger partial charge on any atom is -0.339 e. The van der Waals surface area contributed by atoms with Gasteiger partial charge in [0.25, 0.3) is 0 Å². The molecule has 0 spiro atoms. The molecule has 0 aromatic heterocycles. The lowest BCUT2D eigenvalue weighted by atomic mass is 9.67. The van der Waals surface area contributed by atoms with Crippen LogP contribution in [0.2, 0.25) is 0 Å². The highest BCUT2D eigenvalue weighted by molar-refractivity contribution is 5.78. The molecule has 4 aliphatic rings. The van der Waals surface area contributed by atoms with E-state index in [0.29, 0.717) is 24.3 Å². The van der Waals surface area contributed by atoms with Crippen LogP contribution in [0.25, 0.3) is 0 Å². The largest absolute Gasteiger partial charge is 0.339 e. The summed E-state index contributed by atoms with van der Waals surface area (Å²) in [4.78, 5) is 27.9. The summed E-state index contributed by atoms with van der Waals surface area (Å²) in [7, 11) is 0. The van der Waals surface area contributed by atoms with Gasteiger partial charge in [-0.25, -0.2) is 0 Å². The molecule has 1 amide bonds. The molecule has 0 radical (unpaired) electrons. The zero-order chi connectivity index (χ0) is 15.3. The highest BCUT2D eigenvalue weighted by atomic mass is 16.6. The number of carbonyl (C=O) groups is 1. The minimum absolute atomic E-state index is 0.0411. The second-order valence-electron chi connectivity index (χ2n) is 7.67. The van der Waals surface area contributed by atoms with Crippen molar-refractivity contribution < 1.29 is 9.72 Å². The van der Waals surface area contributed by atoms with E-state index in [-0.39, 0.29) is 29.3 Å². The van der Waals surface area contributed by atoms with Crippen LogP contribution in [-0.4, -0.2) is 58.9 Å². The average Bonchev–Trinajstić information content (AvgIpc) is 2.48. The number of nitrogens with zero attached hydrogens (tertiary/aromatic N) is 3. The van der Waals surface area contributed by atoms with Crippen LogP contribution in [0, 0.1) is 27.9 Å². The third-order valence-electron chi connectivity index (χ3n) is 6.44. The van der Waals surface area contributed by atoms with Gasteiger partial charge in [-0.3, -0.25) is 19.8 Å². The number of nitro groups is 1. The highest BCUT2D eigenvalue weighted by Crippen LogP contribution is 2.45. The third-order valence-corrected chi connectivity index (χ3v) is 6.44. The number of hydrogen-bond acceptors (Lipinski definition) is 4. The van der Waals surface area contributed by atoms with Crippen molar-refractivity contribution >= 4 is 5.91 Å². The van der Waals surface area contributed by atoms with Gasteiger partial charge < -0.3 is 4.90 Å². The molecular weight excluding hydrogens is 282 g/mol. The van der Waals surface area contributed by atoms with Crippen molar-refractivity contribution in [1.82, 2.24) is 9.80 Å². The Morgan fingerprint density at radius 2 is 2.00 bits per heavy atom. The Morgan fingerprint density at radius 1 is 1.23 bits per heavy atom. The zero-order valence-corrected chi connectivity index (χ0v) is 13.0. The van der Waals surface area contributed by atoms with E-state index in [2.05, 4.69) is 9.80 Å². The Morgan fingerprint density at radius 3 is 2.77 bits per heavy atom. The molecule has 4 rings (SSSR count). The minimum atomic E-state index is -0.243. The van der Waals surface area contributed by atoms with E-state index in [0.717, 1.165) is 13.0 Å². The van der Waals surface area contributed by atoms with E-state index in [1.165, 1.54) is 38.8 Å². The molecule has 4 heterocycles. The predicted molar refractivity (Wildman–Crippen MR) is 80.9 cm³/mol. The monoisotopic (exact) mass is 307 g/mol. The number of hydrogen-bond donors (Lipinski definition) is 0. The molecule has 4 aliphatic heterocycles. The average molecular weight is 307 g/mol. The number of fused-ring (bicyclic) bond motifs is 2. The van der Waals surface area contributed by atoms with Crippen LogP contribution in [0.5, 0.6) is 0 Å². The summed E-state index contributed by atoms with van der Waals surface area (Å²) in [5.41, 5.74) is 0. The summed E-state index contributed by atoms with van der Waals surface area (Å²) >= 11 is 0. The molecule has 6 heteroatoms. The highest BCUT2D eigenvalue weighted by Gasteiger charge is 2.52. The van der Waals surface area contributed by atoms with Gasteiger partial charge in [-0.15, -0.1) is 0 Å². The summed E-state index contributed by atoms with van der Waals surface area (Å²) in [6, 6.07) is 0.888. The first-order valence-electron chi connectivity index (χ1n) is 8.79. The van der Waals surface area contributed by atoms with Gasteiger partial charge in [0, 0.05) is 35.9 Å². The number of carbonyl (C=O) groups excluding carboxylic acids is 1. The van der Waals surface area contributed by atoms with Crippen LogP contribution in [0.3, 0.4) is 0 Å². The summed E-state index contributed by atoms with van der Waals surface area (Å²) in [6.07, 6.45) is 6.13. The molecule has 6 nitrogen and oxygen atoms in total. The quantitative estimate of drug-likeness (QED) is 0.571. The van der Waals surface area contributed by atoms with E-state index in [9.17, 15) is 14.9 Å². The fraction of sp³-hybridized carbons (Fsp3) is 0.938. The second kappa shape index (κ2) is 5.48. The van der Waals surface area contributed by atoms with Crippen molar-refractivity contribution in [3.63, 3.8) is 0 Å². The van der Waals surface area contributed by atoms with Crippen LogP contribution in [-0.2, 0) is 4.79 Å². The lowest BCUT2D eigenvalue weighted by molar-refractivity contribution is -0.489. The SMILES string of the molecule is O=C1CC(C[N+](=O)[O-])CC2C3CCCN4CCCC(CN12)C34. The number of piperidine rings is 4. The smallest absolute Gasteiger partial charge is 0.223 e. The van der Waals surface area contributed by atoms with Crippen molar-refractivity contribution in [2.45, 2.75) is 50.6 Å². The first-order chi connectivity index (χ1) is 10.6. The molecule has 4 fully saturated rings. The Labute approximate surface area is 131 Å². The van der Waals surface area contributed by atoms with Gasteiger partial charge in [0.2, 0.25) is 12.5 Å². The van der Waals surface area contributed by atoms with Crippen LogP contribution in [0.15, 0.2) is 0 Å². The lowest BCUT2D eigenvalue weighted by Crippen LogP contribution is -2.67. The van der Waals surface area contributed by atoms with Gasteiger partial charge in [0.05, 0.1) is 0 Å². The van der Waals surface area contributed by atoms with Crippen molar-refractivity contribution in [2.24, 2.45) is 17.8 Å². The third kappa shape index (κ3) is 2.32. The molecule has 0 aliphatic carbocycles. The van der Waals surface area contributed by atoms with Gasteiger partial charge in [-0.2, -0.15) is 0 Å². The number of amides is 1. The molecule has 4 saturated heterocycles. The molecule has 0 saturated carbocycles. The van der Waals surface area contributed by atoms with Crippen molar-refractivity contribution in [3.05, 3.63) is 10.1 Å². The van der Waals surface area contributed by atoms with Gasteiger partial charge >= 0.3 is 0 Å². The van der Waals surface area contributed by atoms with E-state index in [1.54, 1.807) is 0 Å². The maximum Gasteiger partial charge on any atom is 0.223 e. The first-order valence-corrected chi connectivity index (χ1v) is 8.79. The standard InChI is InChI=1S/C16H25N3O3/c20-15-8-11(9-19(21)22)7-14-13-4-2-6-17-5-1-3-12(16(13)17)10-18(14)15/h11-14,16H,1-10H2. The first kappa shape index (κ1) is 14.4. The molecule has 0 aromatic rings. The van der Waals surface area contributed by atoms with E-state index < -0.39 is 0 Å². The Kier molecular flexibility index (Phi) is 3.59. The predicted octanol–water partition coefficient (Wildman–Crippen LogP) is 1.37.